The Morgan fingerprint density at radius 3 is 2.94 bits per heavy atom. The molecule has 0 radical (unpaired) electrons. The molecule has 0 saturated heterocycles. The number of carbonyl (C=O) groups excluding carboxylic acids is 1. The van der Waals surface area contributed by atoms with E-state index in [1.54, 1.807) is 0 Å². The summed E-state index contributed by atoms with van der Waals surface area (Å²) >= 11 is 6.81. The van der Waals surface area contributed by atoms with Crippen LogP contribution in [0.25, 0.3) is 0 Å². The van der Waals surface area contributed by atoms with Crippen molar-refractivity contribution in [2.75, 3.05) is 5.75 Å². The summed E-state index contributed by atoms with van der Waals surface area (Å²) in [6, 6.07) is 2.79. The third-order valence-corrected chi connectivity index (χ3v) is 3.36. The van der Waals surface area contributed by atoms with Crippen molar-refractivity contribution in [2.24, 2.45) is 0 Å². The summed E-state index contributed by atoms with van der Waals surface area (Å²) in [5.41, 5.74) is -0.125. The fourth-order valence-corrected chi connectivity index (χ4v) is 2.26. The second kappa shape index (κ2) is 5.53. The fraction of sp³-hybridized carbons (Fsp3) is 0.400. The molecule has 1 fully saturated rings. The molecule has 18 heavy (non-hydrogen) atoms. The van der Waals surface area contributed by atoms with Crippen molar-refractivity contribution < 1.29 is 9.72 Å². The predicted molar refractivity (Wildman–Crippen MR) is 67.8 cm³/mol. The van der Waals surface area contributed by atoms with E-state index in [-0.39, 0.29) is 22.5 Å². The van der Waals surface area contributed by atoms with Gasteiger partial charge in [-0.25, -0.2) is 4.98 Å². The molecule has 0 unspecified atom stereocenters. The van der Waals surface area contributed by atoms with Gasteiger partial charge in [0.15, 0.2) is 0 Å². The van der Waals surface area contributed by atoms with Gasteiger partial charge in [-0.1, -0.05) is 23.4 Å². The molecule has 2 rings (SSSR count). The number of rotatable bonds is 5. The maximum Gasteiger partial charge on any atom is 0.275 e. The third-order valence-electron chi connectivity index (χ3n) is 2.26. The lowest BCUT2D eigenvalue weighted by Crippen LogP contribution is -2.27. The molecule has 1 aliphatic rings. The van der Waals surface area contributed by atoms with Gasteiger partial charge in [0.05, 0.1) is 16.7 Å². The lowest BCUT2D eigenvalue weighted by atomic mass is 10.4. The highest BCUT2D eigenvalue weighted by Gasteiger charge is 2.23. The van der Waals surface area contributed by atoms with Gasteiger partial charge in [0.2, 0.25) is 5.91 Å². The van der Waals surface area contributed by atoms with E-state index in [0.717, 1.165) is 24.6 Å². The van der Waals surface area contributed by atoms with Gasteiger partial charge in [0, 0.05) is 12.1 Å². The first-order valence-corrected chi connectivity index (χ1v) is 6.65. The van der Waals surface area contributed by atoms with Crippen LogP contribution in [0.15, 0.2) is 17.2 Å². The lowest BCUT2D eigenvalue weighted by Gasteiger charge is -2.03. The highest BCUT2D eigenvalue weighted by atomic mass is 35.5. The molecule has 0 spiro atoms. The molecule has 1 N–H and O–H groups in total. The summed E-state index contributed by atoms with van der Waals surface area (Å²) in [5.74, 6) is 0.0907. The second-order valence-corrected chi connectivity index (χ2v) is 5.26. The zero-order valence-electron chi connectivity index (χ0n) is 9.26. The zero-order chi connectivity index (χ0) is 13.1. The molecule has 1 aliphatic carbocycles. The normalized spacial score (nSPS) is 14.3. The molecular weight excluding hydrogens is 278 g/mol. The van der Waals surface area contributed by atoms with Gasteiger partial charge < -0.3 is 5.32 Å². The molecular formula is C10H10ClN3O3S. The number of nitro groups is 1. The fourth-order valence-electron chi connectivity index (χ4n) is 1.28. The van der Waals surface area contributed by atoms with Crippen LogP contribution in [-0.2, 0) is 4.79 Å². The number of hydrogen-bond acceptors (Lipinski definition) is 5. The first-order valence-electron chi connectivity index (χ1n) is 5.29. The largest absolute Gasteiger partial charge is 0.353 e. The van der Waals surface area contributed by atoms with E-state index < -0.39 is 4.92 Å². The Bertz CT molecular complexity index is 493. The van der Waals surface area contributed by atoms with E-state index >= 15 is 0 Å². The molecule has 0 atom stereocenters. The van der Waals surface area contributed by atoms with Crippen LogP contribution in [-0.4, -0.2) is 27.6 Å². The van der Waals surface area contributed by atoms with Crippen molar-refractivity contribution >= 4 is 35.0 Å². The van der Waals surface area contributed by atoms with Crippen LogP contribution in [0.2, 0.25) is 5.15 Å². The molecule has 6 nitrogen and oxygen atoms in total. The Labute approximate surface area is 112 Å². The minimum atomic E-state index is -0.540. The average molecular weight is 288 g/mol. The molecule has 8 heteroatoms. The number of carbonyl (C=O) groups is 1. The molecule has 0 aromatic carbocycles. The van der Waals surface area contributed by atoms with E-state index in [0.29, 0.717) is 11.1 Å². The van der Waals surface area contributed by atoms with Gasteiger partial charge >= 0.3 is 0 Å². The van der Waals surface area contributed by atoms with Crippen LogP contribution in [0.5, 0.6) is 0 Å². The Balaban J connectivity index is 1.95. The molecule has 1 aromatic rings. The van der Waals surface area contributed by atoms with Crippen LogP contribution >= 0.6 is 23.4 Å². The van der Waals surface area contributed by atoms with E-state index in [4.69, 9.17) is 11.6 Å². The summed E-state index contributed by atoms with van der Waals surface area (Å²) in [4.78, 5) is 25.5. The molecule has 1 amide bonds. The third kappa shape index (κ3) is 3.85. The van der Waals surface area contributed by atoms with E-state index in [2.05, 4.69) is 10.3 Å². The van der Waals surface area contributed by atoms with Crippen LogP contribution in [0.3, 0.4) is 0 Å². The first kappa shape index (κ1) is 13.1. The van der Waals surface area contributed by atoms with Gasteiger partial charge in [0.1, 0.15) is 10.2 Å². The number of amides is 1. The van der Waals surface area contributed by atoms with Crippen molar-refractivity contribution in [3.05, 3.63) is 27.4 Å². The SMILES string of the molecule is O=C(CSc1cc([N+](=O)[O-])cc(Cl)n1)NC1CC1. The maximum absolute atomic E-state index is 11.4. The maximum atomic E-state index is 11.4. The Morgan fingerprint density at radius 2 is 2.33 bits per heavy atom. The molecule has 0 aliphatic heterocycles. The summed E-state index contributed by atoms with van der Waals surface area (Å²) in [5, 5.41) is 13.9. The quantitative estimate of drug-likeness (QED) is 0.387. The summed E-state index contributed by atoms with van der Waals surface area (Å²) in [6.07, 6.45) is 2.05. The van der Waals surface area contributed by atoms with Crippen molar-refractivity contribution in [3.8, 4) is 0 Å². The van der Waals surface area contributed by atoms with E-state index in [1.165, 1.54) is 12.1 Å². The van der Waals surface area contributed by atoms with Gasteiger partial charge in [-0.15, -0.1) is 0 Å². The minimum absolute atomic E-state index is 0.0503. The summed E-state index contributed by atoms with van der Waals surface area (Å²) in [6.45, 7) is 0. The number of aromatic nitrogens is 1. The number of hydrogen-bond donors (Lipinski definition) is 1. The number of thioether (sulfide) groups is 1. The smallest absolute Gasteiger partial charge is 0.275 e. The molecule has 1 saturated carbocycles. The molecule has 1 aromatic heterocycles. The van der Waals surface area contributed by atoms with Gasteiger partial charge in [-0.2, -0.15) is 0 Å². The van der Waals surface area contributed by atoms with Crippen LogP contribution in [0.4, 0.5) is 5.69 Å². The van der Waals surface area contributed by atoms with Gasteiger partial charge in [-0.05, 0) is 12.8 Å². The van der Waals surface area contributed by atoms with E-state index in [1.807, 2.05) is 0 Å². The van der Waals surface area contributed by atoms with Gasteiger partial charge in [-0.3, -0.25) is 14.9 Å². The molecule has 1 heterocycles. The average Bonchev–Trinajstić information content (AvgIpc) is 3.09. The Morgan fingerprint density at radius 1 is 1.61 bits per heavy atom. The summed E-state index contributed by atoms with van der Waals surface area (Å²) in [7, 11) is 0. The molecule has 96 valence electrons. The van der Waals surface area contributed by atoms with Crippen molar-refractivity contribution in [1.82, 2.24) is 10.3 Å². The highest BCUT2D eigenvalue weighted by molar-refractivity contribution is 7.99. The van der Waals surface area contributed by atoms with Crippen molar-refractivity contribution in [2.45, 2.75) is 23.9 Å². The predicted octanol–water partition coefficient (Wildman–Crippen LogP) is 2.01. The highest BCUT2D eigenvalue weighted by Crippen LogP contribution is 2.25. The number of halogens is 1. The van der Waals surface area contributed by atoms with Crippen molar-refractivity contribution in [1.29, 1.82) is 0 Å². The number of pyridine rings is 1. The Kier molecular flexibility index (Phi) is 4.03. The monoisotopic (exact) mass is 287 g/mol. The van der Waals surface area contributed by atoms with Crippen LogP contribution < -0.4 is 5.32 Å². The number of nitrogens with one attached hydrogen (secondary N) is 1. The standard InChI is InChI=1S/C10H10ClN3O3S/c11-8-3-7(14(16)17)4-10(13-8)18-5-9(15)12-6-1-2-6/h3-4,6H,1-2,5H2,(H,12,15). The summed E-state index contributed by atoms with van der Waals surface area (Å²) < 4.78 is 0. The van der Waals surface area contributed by atoms with Crippen LogP contribution in [0.1, 0.15) is 12.8 Å². The molecule has 0 bridgehead atoms. The second-order valence-electron chi connectivity index (χ2n) is 3.87. The van der Waals surface area contributed by atoms with E-state index in [9.17, 15) is 14.9 Å². The lowest BCUT2D eigenvalue weighted by molar-refractivity contribution is -0.385. The minimum Gasteiger partial charge on any atom is -0.353 e. The number of nitrogens with zero attached hydrogens (tertiary/aromatic N) is 2. The Hall–Kier alpha value is -1.34. The van der Waals surface area contributed by atoms with Gasteiger partial charge in [0.25, 0.3) is 5.69 Å². The zero-order valence-corrected chi connectivity index (χ0v) is 10.8. The van der Waals surface area contributed by atoms with Crippen LogP contribution in [0, 0.1) is 10.1 Å². The topological polar surface area (TPSA) is 85.1 Å². The first-order chi connectivity index (χ1) is 8.54. The van der Waals surface area contributed by atoms with Crippen molar-refractivity contribution in [3.63, 3.8) is 0 Å².